The summed E-state index contributed by atoms with van der Waals surface area (Å²) >= 11 is 0. The molecule has 0 aliphatic heterocycles. The average molecular weight is 251 g/mol. The van der Waals surface area contributed by atoms with Crippen LogP contribution in [-0.4, -0.2) is 19.7 Å². The molecular formula is C13H21NO2Si. The van der Waals surface area contributed by atoms with Gasteiger partial charge in [-0.05, 0) is 48.0 Å². The van der Waals surface area contributed by atoms with Gasteiger partial charge in [0.2, 0.25) is 8.32 Å². The first-order chi connectivity index (χ1) is 7.76. The highest BCUT2D eigenvalue weighted by atomic mass is 28.4. The fraction of sp³-hybridized carbons (Fsp3) is 0.462. The molecule has 0 bridgehead atoms. The first kappa shape index (κ1) is 13.8. The lowest BCUT2D eigenvalue weighted by molar-refractivity contribution is 0.322. The Morgan fingerprint density at radius 1 is 1.18 bits per heavy atom. The number of hydrogen-bond donors (Lipinski definition) is 1. The standard InChI is InChI=1S/C13H21NO2Si/c1-13(2,3)17(4,5)16-12-8-6-11(7-9-12)10-14-15/h6-10,15H,1-5H3/b14-10+. The van der Waals surface area contributed by atoms with Gasteiger partial charge >= 0.3 is 0 Å². The van der Waals surface area contributed by atoms with E-state index in [0.717, 1.165) is 11.3 Å². The molecule has 0 saturated heterocycles. The van der Waals surface area contributed by atoms with Crippen molar-refractivity contribution in [3.8, 4) is 5.75 Å². The summed E-state index contributed by atoms with van der Waals surface area (Å²) in [5.74, 6) is 0.881. The van der Waals surface area contributed by atoms with Crippen molar-refractivity contribution < 1.29 is 9.63 Å². The summed E-state index contributed by atoms with van der Waals surface area (Å²) in [4.78, 5) is 0. The largest absolute Gasteiger partial charge is 0.544 e. The first-order valence-electron chi connectivity index (χ1n) is 5.73. The highest BCUT2D eigenvalue weighted by Crippen LogP contribution is 2.37. The Hall–Kier alpha value is -1.29. The molecular weight excluding hydrogens is 230 g/mol. The van der Waals surface area contributed by atoms with Crippen LogP contribution in [0.1, 0.15) is 26.3 Å². The van der Waals surface area contributed by atoms with E-state index in [1.807, 2.05) is 24.3 Å². The van der Waals surface area contributed by atoms with Gasteiger partial charge < -0.3 is 9.63 Å². The summed E-state index contributed by atoms with van der Waals surface area (Å²) in [6, 6.07) is 7.58. The van der Waals surface area contributed by atoms with E-state index in [1.54, 1.807) is 0 Å². The van der Waals surface area contributed by atoms with Crippen molar-refractivity contribution in [2.75, 3.05) is 0 Å². The van der Waals surface area contributed by atoms with E-state index in [0.29, 0.717) is 0 Å². The van der Waals surface area contributed by atoms with E-state index >= 15 is 0 Å². The Balaban J connectivity index is 2.83. The Bertz CT molecular complexity index is 391. The molecule has 0 aliphatic rings. The second kappa shape index (κ2) is 4.92. The topological polar surface area (TPSA) is 41.8 Å². The molecule has 0 fully saturated rings. The maximum absolute atomic E-state index is 8.43. The van der Waals surface area contributed by atoms with Crippen LogP contribution in [0.5, 0.6) is 5.75 Å². The lowest BCUT2D eigenvalue weighted by atomic mass is 10.2. The molecule has 3 nitrogen and oxygen atoms in total. The van der Waals surface area contributed by atoms with Gasteiger partial charge in [0, 0.05) is 0 Å². The summed E-state index contributed by atoms with van der Waals surface area (Å²) in [5.41, 5.74) is 0.857. The van der Waals surface area contributed by atoms with E-state index < -0.39 is 8.32 Å². The number of nitrogens with zero attached hydrogens (tertiary/aromatic N) is 1. The van der Waals surface area contributed by atoms with Gasteiger partial charge in [-0.3, -0.25) is 0 Å². The van der Waals surface area contributed by atoms with E-state index in [9.17, 15) is 0 Å². The molecule has 0 amide bonds. The quantitative estimate of drug-likeness (QED) is 0.383. The van der Waals surface area contributed by atoms with Gasteiger partial charge in [0.15, 0.2) is 0 Å². The van der Waals surface area contributed by atoms with E-state index in [-0.39, 0.29) is 5.04 Å². The lowest BCUT2D eigenvalue weighted by Crippen LogP contribution is -2.43. The van der Waals surface area contributed by atoms with Crippen LogP contribution >= 0.6 is 0 Å². The molecule has 17 heavy (non-hydrogen) atoms. The molecule has 0 unspecified atom stereocenters. The fourth-order valence-corrected chi connectivity index (χ4v) is 2.17. The SMILES string of the molecule is CC(C)(C)[Si](C)(C)Oc1ccc(/C=N/O)cc1. The van der Waals surface area contributed by atoms with Crippen molar-refractivity contribution >= 4 is 14.5 Å². The third kappa shape index (κ3) is 3.59. The molecule has 0 heterocycles. The number of benzene rings is 1. The summed E-state index contributed by atoms with van der Waals surface area (Å²) < 4.78 is 6.13. The zero-order valence-electron chi connectivity index (χ0n) is 11.2. The lowest BCUT2D eigenvalue weighted by Gasteiger charge is -2.36. The van der Waals surface area contributed by atoms with Crippen molar-refractivity contribution in [2.45, 2.75) is 38.9 Å². The van der Waals surface area contributed by atoms with Crippen LogP contribution in [-0.2, 0) is 0 Å². The minimum Gasteiger partial charge on any atom is -0.544 e. The highest BCUT2D eigenvalue weighted by molar-refractivity contribution is 6.74. The first-order valence-corrected chi connectivity index (χ1v) is 8.63. The van der Waals surface area contributed by atoms with Crippen LogP contribution in [0.2, 0.25) is 18.1 Å². The summed E-state index contributed by atoms with van der Waals surface area (Å²) in [5, 5.41) is 11.6. The van der Waals surface area contributed by atoms with Crippen LogP contribution in [0.25, 0.3) is 0 Å². The minimum atomic E-state index is -1.76. The molecule has 1 N–H and O–H groups in total. The van der Waals surface area contributed by atoms with E-state index in [2.05, 4.69) is 39.0 Å². The average Bonchev–Trinajstić information content (AvgIpc) is 2.19. The number of hydrogen-bond acceptors (Lipinski definition) is 3. The van der Waals surface area contributed by atoms with Crippen LogP contribution in [0, 0.1) is 0 Å². The van der Waals surface area contributed by atoms with Gasteiger partial charge in [0.25, 0.3) is 0 Å². The Labute approximate surface area is 104 Å². The third-order valence-corrected chi connectivity index (χ3v) is 7.62. The van der Waals surface area contributed by atoms with Gasteiger partial charge in [0.05, 0.1) is 6.21 Å². The van der Waals surface area contributed by atoms with Gasteiger partial charge in [-0.1, -0.05) is 25.9 Å². The number of rotatable bonds is 3. The summed E-state index contributed by atoms with van der Waals surface area (Å²) in [6.45, 7) is 11.1. The zero-order chi connectivity index (χ0) is 13.1. The maximum Gasteiger partial charge on any atom is 0.250 e. The van der Waals surface area contributed by atoms with Gasteiger partial charge in [-0.25, -0.2) is 0 Å². The van der Waals surface area contributed by atoms with Crippen LogP contribution < -0.4 is 4.43 Å². The molecule has 0 saturated carbocycles. The van der Waals surface area contributed by atoms with E-state index in [4.69, 9.17) is 9.63 Å². The molecule has 94 valence electrons. The van der Waals surface area contributed by atoms with Crippen molar-refractivity contribution in [1.29, 1.82) is 0 Å². The van der Waals surface area contributed by atoms with Crippen molar-refractivity contribution in [2.24, 2.45) is 5.16 Å². The zero-order valence-corrected chi connectivity index (χ0v) is 12.2. The van der Waals surface area contributed by atoms with Gasteiger partial charge in [-0.2, -0.15) is 0 Å². The van der Waals surface area contributed by atoms with Gasteiger partial charge in [-0.15, -0.1) is 0 Å². The van der Waals surface area contributed by atoms with E-state index in [1.165, 1.54) is 6.21 Å². The van der Waals surface area contributed by atoms with Crippen molar-refractivity contribution in [1.82, 2.24) is 0 Å². The van der Waals surface area contributed by atoms with Crippen molar-refractivity contribution in [3.63, 3.8) is 0 Å². The molecule has 0 aromatic heterocycles. The monoisotopic (exact) mass is 251 g/mol. The van der Waals surface area contributed by atoms with Crippen LogP contribution in [0.15, 0.2) is 29.4 Å². The molecule has 0 spiro atoms. The van der Waals surface area contributed by atoms with Crippen LogP contribution in [0.3, 0.4) is 0 Å². The second-order valence-electron chi connectivity index (χ2n) is 5.68. The molecule has 0 atom stereocenters. The predicted octanol–water partition coefficient (Wildman–Crippen LogP) is 3.88. The number of oxime groups is 1. The molecule has 1 aromatic rings. The van der Waals surface area contributed by atoms with Crippen LogP contribution in [0.4, 0.5) is 0 Å². The third-order valence-electron chi connectivity index (χ3n) is 3.27. The summed E-state index contributed by atoms with van der Waals surface area (Å²) in [6.07, 6.45) is 1.40. The maximum atomic E-state index is 8.43. The Morgan fingerprint density at radius 2 is 1.71 bits per heavy atom. The van der Waals surface area contributed by atoms with Crippen molar-refractivity contribution in [3.05, 3.63) is 29.8 Å². The molecule has 1 rings (SSSR count). The second-order valence-corrected chi connectivity index (χ2v) is 10.4. The van der Waals surface area contributed by atoms with Gasteiger partial charge in [0.1, 0.15) is 5.75 Å². The summed E-state index contributed by atoms with van der Waals surface area (Å²) in [7, 11) is -1.76. The molecule has 1 aromatic carbocycles. The minimum absolute atomic E-state index is 0.193. The predicted molar refractivity (Wildman–Crippen MR) is 73.6 cm³/mol. The fourth-order valence-electron chi connectivity index (χ4n) is 1.14. The smallest absolute Gasteiger partial charge is 0.250 e. The molecule has 0 aliphatic carbocycles. The highest BCUT2D eigenvalue weighted by Gasteiger charge is 2.38. The Kier molecular flexibility index (Phi) is 3.98. The molecule has 0 radical (unpaired) electrons. The normalized spacial score (nSPS) is 13.0. The molecule has 4 heteroatoms. The Morgan fingerprint density at radius 3 is 2.12 bits per heavy atom.